The molecule has 0 radical (unpaired) electrons. The summed E-state index contributed by atoms with van der Waals surface area (Å²) < 4.78 is 0.591. The molecule has 0 aromatic heterocycles. The van der Waals surface area contributed by atoms with Crippen LogP contribution in [0.1, 0.15) is 31.1 Å². The Bertz CT molecular complexity index is 496. The van der Waals surface area contributed by atoms with Crippen molar-refractivity contribution in [2.24, 2.45) is 0 Å². The molecule has 4 nitrogen and oxygen atoms in total. The lowest BCUT2D eigenvalue weighted by molar-refractivity contribution is -0.529. The molecule has 2 N–H and O–H groups in total. The normalized spacial score (nSPS) is 12.6. The Hall–Kier alpha value is -1.26. The molecule has 0 saturated carbocycles. The highest BCUT2D eigenvalue weighted by Crippen LogP contribution is 2.28. The molecule has 1 rings (SSSR count). The number of anilines is 1. The molecule has 6 heteroatoms. The number of ketones is 1. The molecule has 0 fully saturated rings. The summed E-state index contributed by atoms with van der Waals surface area (Å²) in [6, 6.07) is 2.77. The van der Waals surface area contributed by atoms with Gasteiger partial charge in [0.25, 0.3) is 0 Å². The van der Waals surface area contributed by atoms with Crippen molar-refractivity contribution in [1.82, 2.24) is 0 Å². The highest BCUT2D eigenvalue weighted by molar-refractivity contribution is 6.41. The van der Waals surface area contributed by atoms with Crippen molar-refractivity contribution in [3.8, 4) is 0 Å². The molecule has 0 amide bonds. The van der Waals surface area contributed by atoms with Gasteiger partial charge in [-0.3, -0.25) is 4.79 Å². The van der Waals surface area contributed by atoms with Crippen LogP contribution < -0.4 is 5.73 Å². The maximum absolute atomic E-state index is 11.9. The standard InChI is InChI=1S/C12H14Cl2N2O2/c1-12(2,3)16(18)6-10(17)7-4-8(13)11(15)9(14)5-7/h4-6H,15H2,1-3H3/b16-6-. The molecule has 0 saturated heterocycles. The van der Waals surface area contributed by atoms with Gasteiger partial charge >= 0.3 is 0 Å². The summed E-state index contributed by atoms with van der Waals surface area (Å²) in [5, 5.41) is 12.0. The van der Waals surface area contributed by atoms with Crippen molar-refractivity contribution in [3.63, 3.8) is 0 Å². The number of nitrogens with zero attached hydrogens (tertiary/aromatic N) is 1. The molecule has 0 spiro atoms. The van der Waals surface area contributed by atoms with E-state index in [0.29, 0.717) is 4.74 Å². The molecular formula is C12H14Cl2N2O2. The van der Waals surface area contributed by atoms with E-state index in [9.17, 15) is 10.0 Å². The maximum atomic E-state index is 11.9. The molecule has 0 aliphatic rings. The van der Waals surface area contributed by atoms with Crippen molar-refractivity contribution in [1.29, 1.82) is 0 Å². The molecule has 18 heavy (non-hydrogen) atoms. The topological polar surface area (TPSA) is 69.2 Å². The third-order valence-electron chi connectivity index (χ3n) is 2.26. The van der Waals surface area contributed by atoms with Crippen molar-refractivity contribution < 1.29 is 9.53 Å². The quantitative estimate of drug-likeness (QED) is 0.227. The number of hydrogen-bond donors (Lipinski definition) is 1. The zero-order valence-corrected chi connectivity index (χ0v) is 11.8. The van der Waals surface area contributed by atoms with Crippen LogP contribution in [-0.4, -0.2) is 22.3 Å². The van der Waals surface area contributed by atoms with Crippen LogP contribution in [0, 0.1) is 5.21 Å². The van der Waals surface area contributed by atoms with Crippen molar-refractivity contribution in [3.05, 3.63) is 32.9 Å². The lowest BCUT2D eigenvalue weighted by Crippen LogP contribution is -2.31. The largest absolute Gasteiger partial charge is 0.623 e. The number of carbonyl (C=O) groups excluding carboxylic acids is 1. The Morgan fingerprint density at radius 3 is 2.17 bits per heavy atom. The zero-order chi connectivity index (χ0) is 14.1. The molecule has 0 unspecified atom stereocenters. The van der Waals surface area contributed by atoms with E-state index < -0.39 is 11.3 Å². The van der Waals surface area contributed by atoms with E-state index in [1.807, 2.05) is 0 Å². The van der Waals surface area contributed by atoms with Crippen molar-refractivity contribution in [2.45, 2.75) is 26.3 Å². The van der Waals surface area contributed by atoms with E-state index in [1.54, 1.807) is 20.8 Å². The highest BCUT2D eigenvalue weighted by Gasteiger charge is 2.20. The minimum Gasteiger partial charge on any atom is -0.623 e. The van der Waals surface area contributed by atoms with E-state index in [1.165, 1.54) is 12.1 Å². The zero-order valence-electron chi connectivity index (χ0n) is 10.3. The molecule has 1 aromatic rings. The van der Waals surface area contributed by atoms with Gasteiger partial charge in [0.1, 0.15) is 0 Å². The van der Waals surface area contributed by atoms with Gasteiger partial charge in [0.2, 0.25) is 12.0 Å². The second kappa shape index (κ2) is 5.16. The van der Waals surface area contributed by atoms with E-state index in [-0.39, 0.29) is 21.3 Å². The number of hydrogen-bond acceptors (Lipinski definition) is 3. The van der Waals surface area contributed by atoms with Crippen molar-refractivity contribution >= 4 is 40.9 Å². The fourth-order valence-corrected chi connectivity index (χ4v) is 1.59. The molecule has 0 aliphatic heterocycles. The molecule has 0 heterocycles. The lowest BCUT2D eigenvalue weighted by Gasteiger charge is -2.18. The summed E-state index contributed by atoms with van der Waals surface area (Å²) in [7, 11) is 0. The van der Waals surface area contributed by atoms with E-state index in [0.717, 1.165) is 6.21 Å². The Kier molecular flexibility index (Phi) is 4.24. The minimum absolute atomic E-state index is 0.187. The molecule has 1 aromatic carbocycles. The van der Waals surface area contributed by atoms with Gasteiger partial charge in [-0.05, 0) is 12.1 Å². The number of halogens is 2. The number of Topliss-reactive ketones (excluding diaryl/α,β-unsaturated/α-hetero) is 1. The van der Waals surface area contributed by atoms with Crippen LogP contribution in [0.15, 0.2) is 12.1 Å². The predicted octanol–water partition coefficient (Wildman–Crippen LogP) is 3.14. The Labute approximate surface area is 116 Å². The Balaban J connectivity index is 3.14. The summed E-state index contributed by atoms with van der Waals surface area (Å²) in [6.07, 6.45) is 0.970. The van der Waals surface area contributed by atoms with Gasteiger partial charge in [0, 0.05) is 26.3 Å². The predicted molar refractivity (Wildman–Crippen MR) is 74.6 cm³/mol. The van der Waals surface area contributed by atoms with E-state index in [4.69, 9.17) is 28.9 Å². The van der Waals surface area contributed by atoms with Crippen LogP contribution in [0.4, 0.5) is 5.69 Å². The first-order valence-corrected chi connectivity index (χ1v) is 5.98. The number of benzene rings is 1. The summed E-state index contributed by atoms with van der Waals surface area (Å²) in [5.41, 5.74) is 5.32. The third-order valence-corrected chi connectivity index (χ3v) is 2.88. The minimum atomic E-state index is -0.683. The number of nitrogens with two attached hydrogens (primary N) is 1. The van der Waals surface area contributed by atoms with Crippen LogP contribution in [0.25, 0.3) is 0 Å². The maximum Gasteiger partial charge on any atom is 0.249 e. The number of hydroxylamine groups is 1. The highest BCUT2D eigenvalue weighted by atomic mass is 35.5. The van der Waals surface area contributed by atoms with Crippen LogP contribution in [0.2, 0.25) is 10.0 Å². The van der Waals surface area contributed by atoms with Gasteiger partial charge in [-0.15, -0.1) is 0 Å². The summed E-state index contributed by atoms with van der Waals surface area (Å²) in [4.78, 5) is 11.9. The first kappa shape index (κ1) is 14.8. The van der Waals surface area contributed by atoms with Gasteiger partial charge in [-0.25, -0.2) is 4.74 Å². The van der Waals surface area contributed by atoms with Crippen LogP contribution in [-0.2, 0) is 0 Å². The molecule has 98 valence electrons. The number of nitrogen functional groups attached to an aromatic ring is 1. The Morgan fingerprint density at radius 1 is 1.33 bits per heavy atom. The monoisotopic (exact) mass is 288 g/mol. The number of rotatable bonds is 2. The smallest absolute Gasteiger partial charge is 0.249 e. The van der Waals surface area contributed by atoms with E-state index >= 15 is 0 Å². The molecular weight excluding hydrogens is 275 g/mol. The fourth-order valence-electron chi connectivity index (χ4n) is 1.10. The van der Waals surface area contributed by atoms with Crippen LogP contribution in [0.3, 0.4) is 0 Å². The summed E-state index contributed by atoms with van der Waals surface area (Å²) >= 11 is 11.6. The average molecular weight is 289 g/mol. The first-order valence-electron chi connectivity index (χ1n) is 5.23. The lowest BCUT2D eigenvalue weighted by atomic mass is 10.1. The van der Waals surface area contributed by atoms with E-state index in [2.05, 4.69) is 0 Å². The molecule has 0 aliphatic carbocycles. The Morgan fingerprint density at radius 2 is 1.78 bits per heavy atom. The third kappa shape index (κ3) is 3.37. The molecule has 0 atom stereocenters. The number of carbonyl (C=O) groups is 1. The average Bonchev–Trinajstić information content (AvgIpc) is 2.23. The van der Waals surface area contributed by atoms with Gasteiger partial charge in [-0.2, -0.15) is 0 Å². The summed E-state index contributed by atoms with van der Waals surface area (Å²) in [6.45, 7) is 5.10. The fraction of sp³-hybridized carbons (Fsp3) is 0.333. The first-order chi connectivity index (χ1) is 8.12. The van der Waals surface area contributed by atoms with Gasteiger partial charge in [0.15, 0.2) is 5.54 Å². The van der Waals surface area contributed by atoms with Crippen LogP contribution >= 0.6 is 23.2 Å². The van der Waals surface area contributed by atoms with Gasteiger partial charge < -0.3 is 10.9 Å². The van der Waals surface area contributed by atoms with Crippen molar-refractivity contribution in [2.75, 3.05) is 5.73 Å². The van der Waals surface area contributed by atoms with Gasteiger partial charge in [-0.1, -0.05) is 23.2 Å². The van der Waals surface area contributed by atoms with Gasteiger partial charge in [0.05, 0.1) is 15.7 Å². The molecule has 0 bridgehead atoms. The van der Waals surface area contributed by atoms with Crippen LogP contribution in [0.5, 0.6) is 0 Å². The second-order valence-corrected chi connectivity index (χ2v) is 5.66. The SMILES string of the molecule is CC(C)(C)/[N+]([O-])=C/C(=O)c1cc(Cl)c(N)c(Cl)c1. The summed E-state index contributed by atoms with van der Waals surface area (Å²) in [5.74, 6) is -0.469. The second-order valence-electron chi connectivity index (χ2n) is 4.84.